The minimum atomic E-state index is -0.173. The second-order valence-electron chi connectivity index (χ2n) is 4.85. The number of nitrogens with two attached hydrogens (primary N) is 1. The molecule has 2 heterocycles. The zero-order valence-electron chi connectivity index (χ0n) is 12.0. The number of rotatable bonds is 7. The quantitative estimate of drug-likeness (QED) is 0.632. The van der Waals surface area contributed by atoms with Gasteiger partial charge in [0.2, 0.25) is 0 Å². The van der Waals surface area contributed by atoms with Crippen LogP contribution >= 0.6 is 11.3 Å². The molecule has 0 bridgehead atoms. The Hall–Kier alpha value is -1.38. The SMILES string of the molecule is Nc1nc(N2CCOCC2)sc1C(=O)NCCCCCO. The number of amides is 1. The molecule has 0 radical (unpaired) electrons. The van der Waals surface area contributed by atoms with Crippen molar-refractivity contribution in [1.82, 2.24) is 10.3 Å². The number of aliphatic hydroxyl groups is 1. The summed E-state index contributed by atoms with van der Waals surface area (Å²) in [4.78, 5) is 18.9. The van der Waals surface area contributed by atoms with E-state index in [1.807, 2.05) is 0 Å². The van der Waals surface area contributed by atoms with Crippen LogP contribution in [0.1, 0.15) is 28.9 Å². The number of nitrogens with one attached hydrogen (secondary N) is 1. The lowest BCUT2D eigenvalue weighted by Crippen LogP contribution is -2.36. The molecule has 4 N–H and O–H groups in total. The van der Waals surface area contributed by atoms with Crippen LogP contribution in [0.25, 0.3) is 0 Å². The zero-order valence-corrected chi connectivity index (χ0v) is 12.8. The van der Waals surface area contributed by atoms with E-state index in [-0.39, 0.29) is 18.3 Å². The number of nitrogen functional groups attached to an aromatic ring is 1. The van der Waals surface area contributed by atoms with Gasteiger partial charge in [0.1, 0.15) is 10.7 Å². The van der Waals surface area contributed by atoms with E-state index >= 15 is 0 Å². The molecule has 1 aromatic heterocycles. The van der Waals surface area contributed by atoms with Gasteiger partial charge in [-0.2, -0.15) is 0 Å². The van der Waals surface area contributed by atoms with E-state index in [0.29, 0.717) is 24.6 Å². The number of unbranched alkanes of at least 4 members (excludes halogenated alkanes) is 2. The summed E-state index contributed by atoms with van der Waals surface area (Å²) >= 11 is 1.32. The summed E-state index contributed by atoms with van der Waals surface area (Å²) in [6.07, 6.45) is 2.51. The number of nitrogens with zero attached hydrogens (tertiary/aromatic N) is 2. The standard InChI is InChI=1S/C13H22N4O3S/c14-11-10(12(19)15-4-2-1-3-7-18)21-13(16-11)17-5-8-20-9-6-17/h18H,1-9,14H2,(H,15,19). The van der Waals surface area contributed by atoms with E-state index in [1.54, 1.807) is 0 Å². The monoisotopic (exact) mass is 314 g/mol. The van der Waals surface area contributed by atoms with E-state index in [1.165, 1.54) is 11.3 Å². The number of carbonyl (C=O) groups excluding carboxylic acids is 1. The predicted octanol–water partition coefficient (Wildman–Crippen LogP) is 0.454. The number of ether oxygens (including phenoxy) is 1. The molecular formula is C13H22N4O3S. The molecule has 0 saturated carbocycles. The van der Waals surface area contributed by atoms with E-state index < -0.39 is 0 Å². The Bertz CT molecular complexity index is 460. The first-order valence-corrected chi connectivity index (χ1v) is 8.02. The van der Waals surface area contributed by atoms with Crippen LogP contribution in [0.4, 0.5) is 10.9 Å². The Balaban J connectivity index is 1.87. The highest BCUT2D eigenvalue weighted by atomic mass is 32.1. The third kappa shape index (κ3) is 4.55. The summed E-state index contributed by atoms with van der Waals surface area (Å²) in [6.45, 7) is 3.67. The van der Waals surface area contributed by atoms with Crippen molar-refractivity contribution in [2.24, 2.45) is 0 Å². The molecule has 1 saturated heterocycles. The summed E-state index contributed by atoms with van der Waals surface area (Å²) in [5, 5.41) is 12.3. The van der Waals surface area contributed by atoms with Crippen LogP contribution < -0.4 is 16.0 Å². The van der Waals surface area contributed by atoms with Crippen molar-refractivity contribution in [1.29, 1.82) is 0 Å². The number of morpholine rings is 1. The predicted molar refractivity (Wildman–Crippen MR) is 82.8 cm³/mol. The molecule has 21 heavy (non-hydrogen) atoms. The first kappa shape index (κ1) is 16.0. The maximum absolute atomic E-state index is 12.1. The molecule has 1 aliphatic heterocycles. The van der Waals surface area contributed by atoms with Crippen molar-refractivity contribution >= 4 is 28.2 Å². The zero-order chi connectivity index (χ0) is 15.1. The van der Waals surface area contributed by atoms with Crippen molar-refractivity contribution < 1.29 is 14.6 Å². The van der Waals surface area contributed by atoms with Crippen molar-refractivity contribution in [3.05, 3.63) is 4.88 Å². The van der Waals surface area contributed by atoms with E-state index in [9.17, 15) is 4.79 Å². The van der Waals surface area contributed by atoms with E-state index in [2.05, 4.69) is 15.2 Å². The normalized spacial score (nSPS) is 15.2. The van der Waals surface area contributed by atoms with Gasteiger partial charge in [0.05, 0.1) is 13.2 Å². The largest absolute Gasteiger partial charge is 0.396 e. The fraction of sp³-hybridized carbons (Fsp3) is 0.692. The van der Waals surface area contributed by atoms with Gasteiger partial charge < -0.3 is 25.8 Å². The number of thiazole rings is 1. The number of hydrogen-bond donors (Lipinski definition) is 3. The summed E-state index contributed by atoms with van der Waals surface area (Å²) < 4.78 is 5.30. The van der Waals surface area contributed by atoms with Crippen molar-refractivity contribution in [2.75, 3.05) is 50.1 Å². The van der Waals surface area contributed by atoms with Crippen molar-refractivity contribution in [3.63, 3.8) is 0 Å². The molecule has 1 amide bonds. The van der Waals surface area contributed by atoms with E-state index in [0.717, 1.165) is 37.5 Å². The first-order valence-electron chi connectivity index (χ1n) is 7.20. The first-order chi connectivity index (χ1) is 10.2. The molecule has 7 nitrogen and oxygen atoms in total. The minimum Gasteiger partial charge on any atom is -0.396 e. The molecule has 0 unspecified atom stereocenters. The highest BCUT2D eigenvalue weighted by Crippen LogP contribution is 2.28. The number of hydrogen-bond acceptors (Lipinski definition) is 7. The van der Waals surface area contributed by atoms with Gasteiger partial charge in [-0.05, 0) is 19.3 Å². The van der Waals surface area contributed by atoms with Gasteiger partial charge in [0.15, 0.2) is 5.13 Å². The lowest BCUT2D eigenvalue weighted by atomic mass is 10.2. The van der Waals surface area contributed by atoms with Crippen molar-refractivity contribution in [3.8, 4) is 0 Å². The van der Waals surface area contributed by atoms with Crippen LogP contribution in [0.3, 0.4) is 0 Å². The summed E-state index contributed by atoms with van der Waals surface area (Å²) in [5.74, 6) is 0.114. The maximum atomic E-state index is 12.1. The Kier molecular flexibility index (Phi) is 6.21. The molecule has 1 fully saturated rings. The molecule has 0 spiro atoms. The molecule has 0 aliphatic carbocycles. The van der Waals surface area contributed by atoms with Gasteiger partial charge in [0.25, 0.3) is 5.91 Å². The Morgan fingerprint density at radius 3 is 2.86 bits per heavy atom. The van der Waals surface area contributed by atoms with Gasteiger partial charge in [0, 0.05) is 26.2 Å². The number of anilines is 2. The molecule has 1 aromatic rings. The van der Waals surface area contributed by atoms with Crippen LogP contribution in [0.2, 0.25) is 0 Å². The van der Waals surface area contributed by atoms with Crippen LogP contribution in [0.15, 0.2) is 0 Å². The molecule has 2 rings (SSSR count). The summed E-state index contributed by atoms with van der Waals surface area (Å²) in [6, 6.07) is 0. The van der Waals surface area contributed by atoms with Gasteiger partial charge in [-0.1, -0.05) is 11.3 Å². The number of aromatic nitrogens is 1. The fourth-order valence-electron chi connectivity index (χ4n) is 2.07. The summed E-state index contributed by atoms with van der Waals surface area (Å²) in [5.41, 5.74) is 5.85. The molecule has 8 heteroatoms. The smallest absolute Gasteiger partial charge is 0.265 e. The molecule has 0 atom stereocenters. The van der Waals surface area contributed by atoms with Crippen LogP contribution in [-0.4, -0.2) is 55.5 Å². The third-order valence-electron chi connectivity index (χ3n) is 3.25. The summed E-state index contributed by atoms with van der Waals surface area (Å²) in [7, 11) is 0. The molecule has 0 aromatic carbocycles. The maximum Gasteiger partial charge on any atom is 0.265 e. The molecule has 1 aliphatic rings. The van der Waals surface area contributed by atoms with E-state index in [4.69, 9.17) is 15.6 Å². The number of aliphatic hydroxyl groups excluding tert-OH is 1. The highest BCUT2D eigenvalue weighted by molar-refractivity contribution is 7.18. The van der Waals surface area contributed by atoms with Crippen LogP contribution in [-0.2, 0) is 4.74 Å². The van der Waals surface area contributed by atoms with Crippen LogP contribution in [0, 0.1) is 0 Å². The highest BCUT2D eigenvalue weighted by Gasteiger charge is 2.20. The van der Waals surface area contributed by atoms with Crippen LogP contribution in [0.5, 0.6) is 0 Å². The van der Waals surface area contributed by atoms with Crippen molar-refractivity contribution in [2.45, 2.75) is 19.3 Å². The molecule has 118 valence electrons. The lowest BCUT2D eigenvalue weighted by molar-refractivity contribution is 0.0957. The Morgan fingerprint density at radius 1 is 1.38 bits per heavy atom. The topological polar surface area (TPSA) is 101 Å². The second-order valence-corrected chi connectivity index (χ2v) is 5.83. The average molecular weight is 314 g/mol. The fourth-order valence-corrected chi connectivity index (χ4v) is 3.02. The minimum absolute atomic E-state index is 0.173. The Labute approximate surface area is 128 Å². The Morgan fingerprint density at radius 2 is 2.14 bits per heavy atom. The third-order valence-corrected chi connectivity index (χ3v) is 4.38. The van der Waals surface area contributed by atoms with Gasteiger partial charge >= 0.3 is 0 Å². The van der Waals surface area contributed by atoms with Gasteiger partial charge in [-0.15, -0.1) is 0 Å². The van der Waals surface area contributed by atoms with Gasteiger partial charge in [-0.25, -0.2) is 4.98 Å². The second kappa shape index (κ2) is 8.16. The van der Waals surface area contributed by atoms with Gasteiger partial charge in [-0.3, -0.25) is 4.79 Å². The molecular weight excluding hydrogens is 292 g/mol. The number of carbonyl (C=O) groups is 1. The lowest BCUT2D eigenvalue weighted by Gasteiger charge is -2.25. The average Bonchev–Trinajstić information content (AvgIpc) is 2.90.